The Labute approximate surface area is 171 Å². The third-order valence-corrected chi connectivity index (χ3v) is 4.91. The number of halogens is 1. The molecule has 27 heavy (non-hydrogen) atoms. The molecular weight excluding hydrogens is 358 g/mol. The van der Waals surface area contributed by atoms with E-state index in [1.165, 1.54) is 5.56 Å². The van der Waals surface area contributed by atoms with Crippen LogP contribution in [0.2, 0.25) is 0 Å². The molecule has 0 heterocycles. The lowest BCUT2D eigenvalue weighted by atomic mass is 9.94. The van der Waals surface area contributed by atoms with Crippen molar-refractivity contribution in [2.24, 2.45) is 5.92 Å². The maximum atomic E-state index is 6.66. The van der Waals surface area contributed by atoms with E-state index in [0.717, 1.165) is 24.3 Å². The van der Waals surface area contributed by atoms with Crippen molar-refractivity contribution in [2.45, 2.75) is 40.0 Å². The van der Waals surface area contributed by atoms with E-state index in [0.29, 0.717) is 17.0 Å². The van der Waals surface area contributed by atoms with Crippen molar-refractivity contribution in [3.05, 3.63) is 65.7 Å². The van der Waals surface area contributed by atoms with Crippen LogP contribution in [0.25, 0.3) is 0 Å². The summed E-state index contributed by atoms with van der Waals surface area (Å²) in [5.41, 5.74) is 2.40. The highest BCUT2D eigenvalue weighted by molar-refractivity contribution is 5.32. The van der Waals surface area contributed by atoms with Crippen LogP contribution >= 0.6 is 0 Å². The first kappa shape index (κ1) is 23.5. The summed E-state index contributed by atoms with van der Waals surface area (Å²) in [6.07, 6.45) is 0.993. The fourth-order valence-electron chi connectivity index (χ4n) is 3.28. The van der Waals surface area contributed by atoms with Crippen molar-refractivity contribution in [3.63, 3.8) is 0 Å². The molecule has 0 N–H and O–H groups in total. The smallest absolute Gasteiger partial charge is 0.390 e. The maximum absolute atomic E-state index is 6.66. The van der Waals surface area contributed by atoms with Gasteiger partial charge < -0.3 is 17.1 Å². The zero-order valence-electron chi connectivity index (χ0n) is 17.5. The van der Waals surface area contributed by atoms with E-state index in [9.17, 15) is 0 Å². The molecule has 0 fully saturated rings. The van der Waals surface area contributed by atoms with E-state index in [2.05, 4.69) is 59.1 Å². The summed E-state index contributed by atoms with van der Waals surface area (Å²) in [6.45, 7) is 10.2. The molecule has 0 spiro atoms. The molecule has 0 amide bonds. The summed E-state index contributed by atoms with van der Waals surface area (Å²) >= 11 is 0. The first-order chi connectivity index (χ1) is 12.4. The van der Waals surface area contributed by atoms with Gasteiger partial charge in [0.1, 0.15) is 5.75 Å². The van der Waals surface area contributed by atoms with Crippen molar-refractivity contribution < 1.29 is 26.4 Å². The first-order valence-electron chi connectivity index (χ1n) is 9.65. The van der Waals surface area contributed by atoms with Crippen molar-refractivity contribution in [2.75, 3.05) is 27.2 Å². The van der Waals surface area contributed by atoms with Gasteiger partial charge in [-0.2, -0.15) is 0 Å². The Morgan fingerprint density at radius 1 is 0.926 bits per heavy atom. The summed E-state index contributed by atoms with van der Waals surface area (Å²) < 4.78 is 13.7. The van der Waals surface area contributed by atoms with Gasteiger partial charge >= 0.3 is 5.91 Å². The molecule has 3 nitrogen and oxygen atoms in total. The molecule has 1 unspecified atom stereocenters. The van der Waals surface area contributed by atoms with Crippen molar-refractivity contribution in [1.29, 1.82) is 0 Å². The molecule has 0 saturated heterocycles. The average molecular weight is 392 g/mol. The topological polar surface area (TPSA) is 18.5 Å². The largest absolute Gasteiger partial charge is 1.00 e. The van der Waals surface area contributed by atoms with Gasteiger partial charge in [-0.3, -0.25) is 9.22 Å². The third kappa shape index (κ3) is 5.25. The van der Waals surface area contributed by atoms with Crippen LogP contribution in [0.3, 0.4) is 0 Å². The molecule has 150 valence electrons. The van der Waals surface area contributed by atoms with Gasteiger partial charge in [0.25, 0.3) is 0 Å². The molecule has 4 heteroatoms. The molecule has 0 radical (unpaired) electrons. The zero-order chi connectivity index (χ0) is 19.2. The summed E-state index contributed by atoms with van der Waals surface area (Å²) in [5.74, 6) is 0.487. The van der Waals surface area contributed by atoms with Crippen molar-refractivity contribution in [1.82, 2.24) is 0 Å². The van der Waals surface area contributed by atoms with E-state index < -0.39 is 5.91 Å². The van der Waals surface area contributed by atoms with Crippen LogP contribution in [0.5, 0.6) is 5.75 Å². The van der Waals surface area contributed by atoms with E-state index >= 15 is 0 Å². The Hall–Kier alpha value is -1.55. The minimum Gasteiger partial charge on any atom is -1.00 e. The van der Waals surface area contributed by atoms with Gasteiger partial charge in [-0.05, 0) is 49.9 Å². The highest BCUT2D eigenvalue weighted by Gasteiger charge is 2.52. The van der Waals surface area contributed by atoms with Crippen LogP contribution < -0.4 is 17.1 Å². The quantitative estimate of drug-likeness (QED) is 0.482. The third-order valence-electron chi connectivity index (χ3n) is 4.91. The number of nitrogens with zero attached hydrogens (tertiary/aromatic N) is 1. The van der Waals surface area contributed by atoms with Gasteiger partial charge in [0.15, 0.2) is 0 Å². The molecule has 0 aliphatic heterocycles. The summed E-state index contributed by atoms with van der Waals surface area (Å²) in [5, 5.41) is 0. The second-order valence-electron chi connectivity index (χ2n) is 7.69. The number of para-hydroxylation sites is 1. The highest BCUT2D eigenvalue weighted by atomic mass is 35.5. The molecule has 0 bridgehead atoms. The lowest BCUT2D eigenvalue weighted by Crippen LogP contribution is -3.00. The Morgan fingerprint density at radius 3 is 2.07 bits per heavy atom. The highest BCUT2D eigenvalue weighted by Crippen LogP contribution is 2.39. The fourth-order valence-corrected chi connectivity index (χ4v) is 3.28. The minimum atomic E-state index is -0.893. The predicted octanol–water partition coefficient (Wildman–Crippen LogP) is 2.21. The second-order valence-corrected chi connectivity index (χ2v) is 7.69. The summed E-state index contributed by atoms with van der Waals surface area (Å²) in [7, 11) is 4.34. The second kappa shape index (κ2) is 10.1. The molecule has 2 aromatic carbocycles. The number of hydrogen-bond acceptors (Lipinski definition) is 2. The molecular formula is C23H34ClNO2. The van der Waals surface area contributed by atoms with Gasteiger partial charge in [0.2, 0.25) is 0 Å². The van der Waals surface area contributed by atoms with Gasteiger partial charge in [-0.15, -0.1) is 0 Å². The average Bonchev–Trinajstić information content (AvgIpc) is 2.62. The van der Waals surface area contributed by atoms with Gasteiger partial charge in [0, 0.05) is 0 Å². The van der Waals surface area contributed by atoms with Crippen LogP contribution in [0.1, 0.15) is 38.8 Å². The first-order valence-corrected chi connectivity index (χ1v) is 9.65. The molecule has 0 aliphatic carbocycles. The normalized spacial score (nSPS) is 13.7. The summed E-state index contributed by atoms with van der Waals surface area (Å²) in [6, 6.07) is 18.5. The van der Waals surface area contributed by atoms with Crippen LogP contribution in [0.15, 0.2) is 54.6 Å². The van der Waals surface area contributed by atoms with Crippen molar-refractivity contribution >= 4 is 0 Å². The predicted molar refractivity (Wildman–Crippen MR) is 108 cm³/mol. The Bertz CT molecular complexity index is 688. The standard InChI is InChI=1S/C23H34NO2.ClH/c1-7-24(5,6)23(25-8-2,26-21-15-10-9-11-16-21)22-17-13-12-14-20(22)18-19(3)4;/h9-17,19H,7-8,18H2,1-6H3;1H/q+1;/p-1. The summed E-state index contributed by atoms with van der Waals surface area (Å²) in [4.78, 5) is 0. The monoisotopic (exact) mass is 391 g/mol. The molecule has 2 aromatic rings. The SMILES string of the molecule is CCOC(Oc1ccccc1)(c1ccccc1CC(C)C)[N+](C)(C)CC.[Cl-]. The minimum absolute atomic E-state index is 0. The number of ether oxygens (including phenoxy) is 2. The molecule has 1 atom stereocenters. The zero-order valence-corrected chi connectivity index (χ0v) is 18.3. The number of quaternary nitrogens is 1. The Balaban J connectivity index is 0.00000364. The maximum Gasteiger partial charge on any atom is 0.390 e. The van der Waals surface area contributed by atoms with Gasteiger partial charge in [-0.25, -0.2) is 0 Å². The van der Waals surface area contributed by atoms with Gasteiger partial charge in [-0.1, -0.05) is 50.2 Å². The van der Waals surface area contributed by atoms with E-state index in [1.807, 2.05) is 37.3 Å². The van der Waals surface area contributed by atoms with Crippen LogP contribution in [0.4, 0.5) is 0 Å². The van der Waals surface area contributed by atoms with Crippen molar-refractivity contribution in [3.8, 4) is 5.75 Å². The molecule has 0 aromatic heterocycles. The molecule has 0 saturated carbocycles. The van der Waals surface area contributed by atoms with Gasteiger partial charge in [0.05, 0.1) is 32.8 Å². The number of benzene rings is 2. The van der Waals surface area contributed by atoms with Crippen LogP contribution in [-0.4, -0.2) is 31.7 Å². The van der Waals surface area contributed by atoms with E-state index in [-0.39, 0.29) is 12.4 Å². The van der Waals surface area contributed by atoms with E-state index in [4.69, 9.17) is 9.47 Å². The van der Waals surface area contributed by atoms with Crippen LogP contribution in [0, 0.1) is 5.92 Å². The van der Waals surface area contributed by atoms with Crippen LogP contribution in [-0.2, 0) is 17.1 Å². The van der Waals surface area contributed by atoms with E-state index in [1.54, 1.807) is 0 Å². The number of rotatable bonds is 9. The lowest BCUT2D eigenvalue weighted by Gasteiger charge is -2.46. The number of hydrogen-bond donors (Lipinski definition) is 0. The Kier molecular flexibility index (Phi) is 8.80. The molecule has 2 rings (SSSR count). The molecule has 0 aliphatic rings. The fraction of sp³-hybridized carbons (Fsp3) is 0.478. The Morgan fingerprint density at radius 2 is 1.52 bits per heavy atom. The lowest BCUT2D eigenvalue weighted by molar-refractivity contribution is -1.000.